The van der Waals surface area contributed by atoms with Crippen molar-refractivity contribution in [2.24, 2.45) is 7.05 Å². The molecule has 2 aromatic rings. The minimum atomic E-state index is 0.0626. The van der Waals surface area contributed by atoms with Crippen molar-refractivity contribution < 1.29 is 9.53 Å². The molecular weight excluding hydrogens is 338 g/mol. The van der Waals surface area contributed by atoms with Crippen LogP contribution in [-0.2, 0) is 13.7 Å². The van der Waals surface area contributed by atoms with Crippen molar-refractivity contribution in [3.8, 4) is 5.75 Å². The minimum Gasteiger partial charge on any atom is -0.497 e. The molecule has 1 aliphatic rings. The van der Waals surface area contributed by atoms with Crippen LogP contribution in [0.5, 0.6) is 5.75 Å². The van der Waals surface area contributed by atoms with Gasteiger partial charge in [0, 0.05) is 38.8 Å². The molecule has 1 aromatic heterocycles. The highest BCUT2D eigenvalue weighted by atomic mass is 32.1. The SMILES string of the molecule is COc1ccc(C(=O)N2CCN(Cn3nc(C)n(C)c3=S)CC2)cc1. The lowest BCUT2D eigenvalue weighted by molar-refractivity contribution is 0.0585. The molecule has 0 atom stereocenters. The van der Waals surface area contributed by atoms with Crippen molar-refractivity contribution in [2.45, 2.75) is 13.6 Å². The first-order valence-electron chi connectivity index (χ1n) is 8.25. The molecule has 0 bridgehead atoms. The molecule has 25 heavy (non-hydrogen) atoms. The second kappa shape index (κ2) is 7.37. The third-order valence-electron chi connectivity index (χ3n) is 4.59. The Bertz CT molecular complexity index is 803. The third kappa shape index (κ3) is 3.74. The Morgan fingerprint density at radius 2 is 1.84 bits per heavy atom. The van der Waals surface area contributed by atoms with Gasteiger partial charge in [-0.1, -0.05) is 0 Å². The number of hydrogen-bond donors (Lipinski definition) is 0. The zero-order valence-electron chi connectivity index (χ0n) is 14.8. The fourth-order valence-corrected chi connectivity index (χ4v) is 3.12. The van der Waals surface area contributed by atoms with Crippen molar-refractivity contribution in [3.63, 3.8) is 0 Å². The molecule has 1 aromatic carbocycles. The van der Waals surface area contributed by atoms with Crippen LogP contribution in [0.2, 0.25) is 0 Å². The average molecular weight is 361 g/mol. The van der Waals surface area contributed by atoms with E-state index in [-0.39, 0.29) is 5.91 Å². The van der Waals surface area contributed by atoms with Gasteiger partial charge in [0.05, 0.1) is 13.8 Å². The van der Waals surface area contributed by atoms with Gasteiger partial charge in [0.2, 0.25) is 0 Å². The van der Waals surface area contributed by atoms with Crippen LogP contribution in [0.3, 0.4) is 0 Å². The lowest BCUT2D eigenvalue weighted by Crippen LogP contribution is -2.49. The van der Waals surface area contributed by atoms with Crippen LogP contribution < -0.4 is 4.74 Å². The lowest BCUT2D eigenvalue weighted by atomic mass is 10.1. The molecule has 0 unspecified atom stereocenters. The zero-order chi connectivity index (χ0) is 18.0. The molecule has 134 valence electrons. The maximum absolute atomic E-state index is 12.6. The Morgan fingerprint density at radius 1 is 1.20 bits per heavy atom. The van der Waals surface area contributed by atoms with Gasteiger partial charge in [0.15, 0.2) is 4.77 Å². The van der Waals surface area contributed by atoms with Crippen LogP contribution in [0.1, 0.15) is 16.2 Å². The van der Waals surface area contributed by atoms with Gasteiger partial charge in [-0.2, -0.15) is 5.10 Å². The first-order valence-corrected chi connectivity index (χ1v) is 8.66. The fraction of sp³-hybridized carbons (Fsp3) is 0.471. The quantitative estimate of drug-likeness (QED) is 0.776. The van der Waals surface area contributed by atoms with E-state index in [0.717, 1.165) is 24.7 Å². The monoisotopic (exact) mass is 361 g/mol. The van der Waals surface area contributed by atoms with Gasteiger partial charge in [0.1, 0.15) is 11.6 Å². The predicted molar refractivity (Wildman–Crippen MR) is 97.2 cm³/mol. The molecule has 2 heterocycles. The van der Waals surface area contributed by atoms with Crippen molar-refractivity contribution in [2.75, 3.05) is 33.3 Å². The number of carbonyl (C=O) groups excluding carboxylic acids is 1. The Morgan fingerprint density at radius 3 is 2.36 bits per heavy atom. The maximum Gasteiger partial charge on any atom is 0.253 e. The van der Waals surface area contributed by atoms with Crippen molar-refractivity contribution >= 4 is 18.1 Å². The number of piperazine rings is 1. The van der Waals surface area contributed by atoms with Gasteiger partial charge >= 0.3 is 0 Å². The summed E-state index contributed by atoms with van der Waals surface area (Å²) >= 11 is 5.39. The molecule has 0 N–H and O–H groups in total. The molecule has 0 saturated carbocycles. The number of nitrogens with zero attached hydrogens (tertiary/aromatic N) is 5. The summed E-state index contributed by atoms with van der Waals surface area (Å²) in [5.74, 6) is 1.72. The van der Waals surface area contributed by atoms with Crippen LogP contribution in [-0.4, -0.2) is 63.3 Å². The van der Waals surface area contributed by atoms with E-state index in [4.69, 9.17) is 17.0 Å². The summed E-state index contributed by atoms with van der Waals surface area (Å²) in [4.78, 5) is 16.7. The number of methoxy groups -OCH3 is 1. The van der Waals surface area contributed by atoms with Crippen LogP contribution in [0, 0.1) is 11.7 Å². The molecule has 0 radical (unpaired) electrons. The zero-order valence-corrected chi connectivity index (χ0v) is 15.6. The summed E-state index contributed by atoms with van der Waals surface area (Å²) in [6.45, 7) is 5.61. The number of aromatic nitrogens is 3. The summed E-state index contributed by atoms with van der Waals surface area (Å²) in [6, 6.07) is 7.25. The van der Waals surface area contributed by atoms with Crippen LogP contribution in [0.4, 0.5) is 0 Å². The number of carbonyl (C=O) groups is 1. The van der Waals surface area contributed by atoms with Gasteiger partial charge in [0.25, 0.3) is 5.91 Å². The number of benzene rings is 1. The second-order valence-corrected chi connectivity index (χ2v) is 6.53. The van der Waals surface area contributed by atoms with Crippen molar-refractivity contribution in [3.05, 3.63) is 40.4 Å². The van der Waals surface area contributed by atoms with Gasteiger partial charge in [-0.15, -0.1) is 0 Å². The first-order chi connectivity index (χ1) is 12.0. The molecule has 0 aliphatic carbocycles. The minimum absolute atomic E-state index is 0.0626. The fourth-order valence-electron chi connectivity index (χ4n) is 2.89. The molecular formula is C17H23N5O2S. The second-order valence-electron chi connectivity index (χ2n) is 6.17. The topological polar surface area (TPSA) is 55.5 Å². The number of rotatable bonds is 4. The van der Waals surface area contributed by atoms with Crippen LogP contribution in [0.25, 0.3) is 0 Å². The van der Waals surface area contributed by atoms with E-state index < -0.39 is 0 Å². The highest BCUT2D eigenvalue weighted by molar-refractivity contribution is 7.71. The predicted octanol–water partition coefficient (Wildman–Crippen LogP) is 1.68. The normalized spacial score (nSPS) is 15.4. The van der Waals surface area contributed by atoms with E-state index in [1.807, 2.05) is 52.4 Å². The Kier molecular flexibility index (Phi) is 5.19. The summed E-state index contributed by atoms with van der Waals surface area (Å²) < 4.78 is 9.59. The maximum atomic E-state index is 12.6. The summed E-state index contributed by atoms with van der Waals surface area (Å²) in [5.41, 5.74) is 0.692. The van der Waals surface area contributed by atoms with E-state index in [0.29, 0.717) is 30.1 Å². The highest BCUT2D eigenvalue weighted by Crippen LogP contribution is 2.14. The smallest absolute Gasteiger partial charge is 0.253 e. The Hall–Kier alpha value is -2.19. The van der Waals surface area contributed by atoms with Gasteiger partial charge in [-0.3, -0.25) is 9.69 Å². The van der Waals surface area contributed by atoms with Crippen LogP contribution >= 0.6 is 12.2 Å². The number of amides is 1. The number of hydrogen-bond acceptors (Lipinski definition) is 5. The molecule has 1 saturated heterocycles. The number of ether oxygens (including phenoxy) is 1. The van der Waals surface area contributed by atoms with E-state index in [1.165, 1.54) is 0 Å². The first kappa shape index (κ1) is 17.6. The average Bonchev–Trinajstić information content (AvgIpc) is 2.88. The van der Waals surface area contributed by atoms with Gasteiger partial charge in [-0.05, 0) is 43.4 Å². The molecule has 1 aliphatic heterocycles. The van der Waals surface area contributed by atoms with Gasteiger partial charge < -0.3 is 14.2 Å². The van der Waals surface area contributed by atoms with Crippen molar-refractivity contribution in [1.82, 2.24) is 24.1 Å². The van der Waals surface area contributed by atoms with E-state index >= 15 is 0 Å². The number of aryl methyl sites for hydroxylation is 1. The molecule has 0 spiro atoms. The van der Waals surface area contributed by atoms with Crippen LogP contribution in [0.15, 0.2) is 24.3 Å². The standard InChI is InChI=1S/C17H23N5O2S/c1-13-18-22(17(25)19(13)2)12-20-8-10-21(11-9-20)16(23)14-4-6-15(24-3)7-5-14/h4-7H,8-12H2,1-3H3. The Balaban J connectivity index is 1.58. The van der Waals surface area contributed by atoms with E-state index in [2.05, 4.69) is 10.00 Å². The molecule has 3 rings (SSSR count). The highest BCUT2D eigenvalue weighted by Gasteiger charge is 2.22. The third-order valence-corrected chi connectivity index (χ3v) is 5.07. The van der Waals surface area contributed by atoms with Gasteiger partial charge in [-0.25, -0.2) is 4.68 Å². The molecule has 7 nitrogen and oxygen atoms in total. The Labute approximate surface area is 152 Å². The summed E-state index contributed by atoms with van der Waals surface area (Å²) in [6.07, 6.45) is 0. The van der Waals surface area contributed by atoms with Crippen molar-refractivity contribution in [1.29, 1.82) is 0 Å². The van der Waals surface area contributed by atoms with E-state index in [9.17, 15) is 4.79 Å². The van der Waals surface area contributed by atoms with E-state index in [1.54, 1.807) is 7.11 Å². The summed E-state index contributed by atoms with van der Waals surface area (Å²) in [7, 11) is 3.54. The largest absolute Gasteiger partial charge is 0.497 e. The lowest BCUT2D eigenvalue weighted by Gasteiger charge is -2.34. The molecule has 1 fully saturated rings. The molecule has 8 heteroatoms. The summed E-state index contributed by atoms with van der Waals surface area (Å²) in [5, 5.41) is 4.46. The molecule has 1 amide bonds.